The van der Waals surface area contributed by atoms with Crippen molar-refractivity contribution < 1.29 is 9.72 Å². The number of carbonyl (C=O) groups excluding carboxylic acids is 1. The first kappa shape index (κ1) is 13.3. The van der Waals surface area contributed by atoms with Gasteiger partial charge in [-0.05, 0) is 12.1 Å². The zero-order valence-electron chi connectivity index (χ0n) is 9.01. The summed E-state index contributed by atoms with van der Waals surface area (Å²) < 4.78 is 0.536. The number of nitro groups is 1. The van der Waals surface area contributed by atoms with Gasteiger partial charge in [-0.3, -0.25) is 14.9 Å². The number of nitrogens with zero attached hydrogens (tertiary/aromatic N) is 2. The Kier molecular flexibility index (Phi) is 4.35. The maximum absolute atomic E-state index is 11.9. The van der Waals surface area contributed by atoms with Gasteiger partial charge in [0.15, 0.2) is 5.78 Å². The lowest BCUT2D eigenvalue weighted by Gasteiger charge is -2.06. The molecule has 0 saturated carbocycles. The number of rotatable bonds is 4. The molecule has 6 heteroatoms. The van der Waals surface area contributed by atoms with Gasteiger partial charge < -0.3 is 0 Å². The van der Waals surface area contributed by atoms with Crippen LogP contribution in [0.15, 0.2) is 22.7 Å². The molecule has 0 aliphatic carbocycles. The first-order valence-electron chi connectivity index (χ1n) is 4.82. The van der Waals surface area contributed by atoms with Gasteiger partial charge in [0.2, 0.25) is 0 Å². The van der Waals surface area contributed by atoms with Crippen molar-refractivity contribution >= 4 is 27.4 Å². The van der Waals surface area contributed by atoms with E-state index in [1.807, 2.05) is 6.07 Å². The summed E-state index contributed by atoms with van der Waals surface area (Å²) in [5, 5.41) is 19.3. The third-order valence-corrected chi connectivity index (χ3v) is 2.76. The minimum atomic E-state index is -0.600. The number of hydrogen-bond donors (Lipinski definition) is 0. The highest BCUT2D eigenvalue weighted by Crippen LogP contribution is 2.26. The molecule has 1 aromatic carbocycles. The molecular weight excluding hydrogens is 288 g/mol. The number of Topliss-reactive ketones (excluding diaryl/α,β-unsaturated/α-hetero) is 1. The Morgan fingerprint density at radius 3 is 2.82 bits per heavy atom. The molecule has 1 atom stereocenters. The van der Waals surface area contributed by atoms with Gasteiger partial charge in [0.05, 0.1) is 16.6 Å². The molecule has 0 aliphatic heterocycles. The van der Waals surface area contributed by atoms with Crippen molar-refractivity contribution in [1.29, 1.82) is 5.26 Å². The Hall–Kier alpha value is -1.74. The normalized spacial score (nSPS) is 11.6. The van der Waals surface area contributed by atoms with Crippen LogP contribution < -0.4 is 0 Å². The summed E-state index contributed by atoms with van der Waals surface area (Å²) in [6.07, 6.45) is 0.0477. The van der Waals surface area contributed by atoms with Crippen molar-refractivity contribution in [3.05, 3.63) is 38.3 Å². The van der Waals surface area contributed by atoms with Crippen LogP contribution in [-0.2, 0) is 0 Å². The van der Waals surface area contributed by atoms with Crippen molar-refractivity contribution in [2.45, 2.75) is 13.3 Å². The Morgan fingerprint density at radius 2 is 2.29 bits per heavy atom. The van der Waals surface area contributed by atoms with E-state index >= 15 is 0 Å². The lowest BCUT2D eigenvalue weighted by Crippen LogP contribution is -2.12. The minimum absolute atomic E-state index is 0.0425. The van der Waals surface area contributed by atoms with Crippen molar-refractivity contribution in [3.63, 3.8) is 0 Å². The number of carbonyl (C=O) groups is 1. The van der Waals surface area contributed by atoms with Crippen LogP contribution in [0.4, 0.5) is 5.69 Å². The average Bonchev–Trinajstić information content (AvgIpc) is 2.28. The second kappa shape index (κ2) is 5.55. The van der Waals surface area contributed by atoms with E-state index in [9.17, 15) is 14.9 Å². The largest absolute Gasteiger partial charge is 0.294 e. The molecule has 0 amide bonds. The maximum Gasteiger partial charge on any atom is 0.281 e. The summed E-state index contributed by atoms with van der Waals surface area (Å²) in [5.41, 5.74) is -0.199. The predicted molar refractivity (Wildman–Crippen MR) is 64.5 cm³/mol. The van der Waals surface area contributed by atoms with Crippen molar-refractivity contribution in [3.8, 4) is 6.07 Å². The highest BCUT2D eigenvalue weighted by Gasteiger charge is 2.24. The van der Waals surface area contributed by atoms with Crippen molar-refractivity contribution in [1.82, 2.24) is 0 Å². The van der Waals surface area contributed by atoms with E-state index < -0.39 is 10.8 Å². The lowest BCUT2D eigenvalue weighted by atomic mass is 9.96. The standard InChI is InChI=1S/C11H9BrN2O3/c1-7(4-5-13)11(15)9-3-2-8(12)6-10(9)14(16)17/h2-3,6-7H,4H2,1H3. The van der Waals surface area contributed by atoms with Crippen LogP contribution in [0.5, 0.6) is 0 Å². The molecule has 0 fully saturated rings. The molecule has 17 heavy (non-hydrogen) atoms. The van der Waals surface area contributed by atoms with Crippen molar-refractivity contribution in [2.75, 3.05) is 0 Å². The molecule has 0 spiro atoms. The number of nitro benzene ring substituents is 1. The van der Waals surface area contributed by atoms with E-state index in [1.54, 1.807) is 13.0 Å². The summed E-state index contributed by atoms with van der Waals surface area (Å²) in [6.45, 7) is 1.58. The highest BCUT2D eigenvalue weighted by atomic mass is 79.9. The van der Waals surface area contributed by atoms with E-state index in [2.05, 4.69) is 15.9 Å². The van der Waals surface area contributed by atoms with Gasteiger partial charge in [0.1, 0.15) is 0 Å². The number of ketones is 1. The molecule has 1 rings (SSSR count). The van der Waals surface area contributed by atoms with Crippen LogP contribution in [0.1, 0.15) is 23.7 Å². The lowest BCUT2D eigenvalue weighted by molar-refractivity contribution is -0.385. The van der Waals surface area contributed by atoms with Crippen LogP contribution in [0.2, 0.25) is 0 Å². The highest BCUT2D eigenvalue weighted by molar-refractivity contribution is 9.10. The second-order valence-corrected chi connectivity index (χ2v) is 4.46. The first-order chi connectivity index (χ1) is 7.97. The number of hydrogen-bond acceptors (Lipinski definition) is 4. The van der Waals surface area contributed by atoms with Gasteiger partial charge >= 0.3 is 0 Å². The van der Waals surface area contributed by atoms with E-state index in [-0.39, 0.29) is 23.5 Å². The fraction of sp³-hybridized carbons (Fsp3) is 0.273. The quantitative estimate of drug-likeness (QED) is 0.485. The molecule has 1 aromatic rings. The minimum Gasteiger partial charge on any atom is -0.294 e. The SMILES string of the molecule is CC(CC#N)C(=O)c1ccc(Br)cc1[N+](=O)[O-]. The molecule has 88 valence electrons. The monoisotopic (exact) mass is 296 g/mol. The van der Waals surface area contributed by atoms with Crippen LogP contribution in [-0.4, -0.2) is 10.7 Å². The summed E-state index contributed by atoms with van der Waals surface area (Å²) in [7, 11) is 0. The van der Waals surface area contributed by atoms with E-state index in [0.717, 1.165) is 0 Å². The number of nitriles is 1. The number of benzene rings is 1. The predicted octanol–water partition coefficient (Wildman–Crippen LogP) is 3.09. The van der Waals surface area contributed by atoms with E-state index in [0.29, 0.717) is 4.47 Å². The summed E-state index contributed by atoms with van der Waals surface area (Å²) >= 11 is 3.11. The Balaban J connectivity index is 3.18. The molecule has 5 nitrogen and oxygen atoms in total. The van der Waals surface area contributed by atoms with Gasteiger partial charge in [0, 0.05) is 22.9 Å². The van der Waals surface area contributed by atoms with Gasteiger partial charge in [-0.2, -0.15) is 5.26 Å². The molecule has 1 unspecified atom stereocenters. The molecular formula is C11H9BrN2O3. The Morgan fingerprint density at radius 1 is 1.65 bits per heavy atom. The van der Waals surface area contributed by atoms with Crippen molar-refractivity contribution in [2.24, 2.45) is 5.92 Å². The summed E-state index contributed by atoms with van der Waals surface area (Å²) in [4.78, 5) is 22.1. The van der Waals surface area contributed by atoms with Gasteiger partial charge in [-0.1, -0.05) is 22.9 Å². The fourth-order valence-corrected chi connectivity index (χ4v) is 1.71. The van der Waals surface area contributed by atoms with Crippen LogP contribution >= 0.6 is 15.9 Å². The van der Waals surface area contributed by atoms with Gasteiger partial charge in [-0.25, -0.2) is 0 Å². The van der Waals surface area contributed by atoms with E-state index in [4.69, 9.17) is 5.26 Å². The molecule has 0 aromatic heterocycles. The molecule has 0 aliphatic rings. The first-order valence-corrected chi connectivity index (χ1v) is 5.61. The average molecular weight is 297 g/mol. The molecule has 0 N–H and O–H groups in total. The summed E-state index contributed by atoms with van der Waals surface area (Å²) in [5.74, 6) is -0.925. The topological polar surface area (TPSA) is 84.0 Å². The zero-order valence-corrected chi connectivity index (χ0v) is 10.6. The number of halogens is 1. The van der Waals surface area contributed by atoms with Gasteiger partial charge in [-0.15, -0.1) is 0 Å². The van der Waals surface area contributed by atoms with E-state index in [1.165, 1.54) is 12.1 Å². The van der Waals surface area contributed by atoms with Gasteiger partial charge in [0.25, 0.3) is 5.69 Å². The second-order valence-electron chi connectivity index (χ2n) is 3.55. The third kappa shape index (κ3) is 3.11. The zero-order chi connectivity index (χ0) is 13.0. The van der Waals surface area contributed by atoms with Crippen LogP contribution in [0.25, 0.3) is 0 Å². The third-order valence-electron chi connectivity index (χ3n) is 2.27. The Bertz CT molecular complexity index is 508. The van der Waals surface area contributed by atoms with Crippen LogP contribution in [0, 0.1) is 27.4 Å². The summed E-state index contributed by atoms with van der Waals surface area (Å²) in [6, 6.07) is 6.13. The molecule has 0 radical (unpaired) electrons. The molecule has 0 saturated heterocycles. The fourth-order valence-electron chi connectivity index (χ4n) is 1.36. The molecule has 0 heterocycles. The molecule has 0 bridgehead atoms. The Labute approximate surface area is 106 Å². The smallest absolute Gasteiger partial charge is 0.281 e. The maximum atomic E-state index is 11.9. The van der Waals surface area contributed by atoms with Crippen LogP contribution in [0.3, 0.4) is 0 Å².